The van der Waals surface area contributed by atoms with Crippen molar-refractivity contribution in [2.45, 2.75) is 6.92 Å². The molecule has 2 aromatic carbocycles. The van der Waals surface area contributed by atoms with Gasteiger partial charge in [0.05, 0.1) is 0 Å². The minimum absolute atomic E-state index is 0.208. The lowest BCUT2D eigenvalue weighted by Crippen LogP contribution is -2.02. The van der Waals surface area contributed by atoms with E-state index in [-0.39, 0.29) is 17.9 Å². The van der Waals surface area contributed by atoms with Gasteiger partial charge < -0.3 is 23.8 Å². The Morgan fingerprint density at radius 3 is 1.44 bits per heavy atom. The predicted octanol–water partition coefficient (Wildman–Crippen LogP) is 3.39. The van der Waals surface area contributed by atoms with Crippen molar-refractivity contribution in [3.05, 3.63) is 93.6 Å². The summed E-state index contributed by atoms with van der Waals surface area (Å²) in [5.41, 5.74) is 0.674. The van der Waals surface area contributed by atoms with Gasteiger partial charge in [-0.05, 0) is 24.3 Å². The molecule has 0 saturated heterocycles. The lowest BCUT2D eigenvalue weighted by atomic mass is 10.2. The zero-order chi connectivity index (χ0) is 23.9. The van der Waals surface area contributed by atoms with E-state index in [1.165, 1.54) is 19.2 Å². The molecule has 0 radical (unpaired) electrons. The van der Waals surface area contributed by atoms with E-state index >= 15 is 0 Å². The van der Waals surface area contributed by atoms with Crippen LogP contribution < -0.4 is 11.3 Å². The van der Waals surface area contributed by atoms with Crippen LogP contribution in [0.15, 0.2) is 91.2 Å². The van der Waals surface area contributed by atoms with Crippen LogP contribution in [0.25, 0.3) is 21.9 Å². The summed E-state index contributed by atoms with van der Waals surface area (Å²) in [6, 6.07) is 21.2. The fraction of sp³-hybridized carbons (Fsp3) is 0.130. The first kappa shape index (κ1) is 25.8. The van der Waals surface area contributed by atoms with Crippen LogP contribution >= 0.6 is 0 Å². The van der Waals surface area contributed by atoms with Gasteiger partial charge >= 0.3 is 17.2 Å². The summed E-state index contributed by atoms with van der Waals surface area (Å²) in [6.07, 6.45) is 0. The van der Waals surface area contributed by atoms with Crippen LogP contribution in [0.1, 0.15) is 6.92 Å². The van der Waals surface area contributed by atoms with Crippen molar-refractivity contribution in [1.29, 1.82) is 0 Å². The van der Waals surface area contributed by atoms with E-state index in [1.807, 2.05) is 36.4 Å². The Balaban J connectivity index is 0.000000231. The standard InChI is InChI=1S/2C9H6O2.C3H6O3.C2H4O2/c2*10-9-6-5-7-3-1-2-4-8(7)11-9;1-6-2-3(4)5;1-2(3)4/h2*1-6H;2H2,1H3,(H,4,5);1H3,(H,3,4). The second-order valence-corrected chi connectivity index (χ2v) is 5.93. The molecule has 0 aliphatic carbocycles. The molecule has 2 heterocycles. The monoisotopic (exact) mass is 442 g/mol. The first-order valence-corrected chi connectivity index (χ1v) is 9.11. The highest BCUT2D eigenvalue weighted by Crippen LogP contribution is 2.09. The number of hydrogen-bond donors (Lipinski definition) is 2. The van der Waals surface area contributed by atoms with E-state index in [2.05, 4.69) is 4.74 Å². The number of carbonyl (C=O) groups is 2. The van der Waals surface area contributed by atoms with Crippen molar-refractivity contribution in [2.75, 3.05) is 13.7 Å². The molecule has 4 aromatic rings. The maximum absolute atomic E-state index is 10.7. The van der Waals surface area contributed by atoms with E-state index in [9.17, 15) is 14.4 Å². The first-order chi connectivity index (χ1) is 15.2. The fourth-order valence-corrected chi connectivity index (χ4v) is 2.15. The molecule has 9 heteroatoms. The van der Waals surface area contributed by atoms with E-state index in [4.69, 9.17) is 23.8 Å². The molecule has 0 aliphatic heterocycles. The molecule has 0 bridgehead atoms. The second-order valence-electron chi connectivity index (χ2n) is 5.93. The van der Waals surface area contributed by atoms with Crippen LogP contribution in [0.4, 0.5) is 0 Å². The number of ether oxygens (including phenoxy) is 1. The number of aliphatic carboxylic acids is 2. The molecule has 2 N–H and O–H groups in total. The van der Waals surface area contributed by atoms with Crippen LogP contribution in [0.5, 0.6) is 0 Å². The molecule has 168 valence electrons. The molecule has 0 unspecified atom stereocenters. The number of fused-ring (bicyclic) bond motifs is 2. The molecule has 0 fully saturated rings. The Morgan fingerprint density at radius 2 is 1.12 bits per heavy atom. The lowest BCUT2D eigenvalue weighted by Gasteiger charge is -1.91. The Bertz CT molecular complexity index is 1170. The molecule has 32 heavy (non-hydrogen) atoms. The van der Waals surface area contributed by atoms with Crippen molar-refractivity contribution in [3.63, 3.8) is 0 Å². The molecule has 0 saturated carbocycles. The molecule has 0 aliphatic rings. The largest absolute Gasteiger partial charge is 0.481 e. The van der Waals surface area contributed by atoms with Gasteiger partial charge in [-0.1, -0.05) is 36.4 Å². The van der Waals surface area contributed by atoms with E-state index < -0.39 is 11.9 Å². The number of hydrogen-bond acceptors (Lipinski definition) is 7. The molecule has 2 aromatic heterocycles. The third-order valence-electron chi connectivity index (χ3n) is 3.32. The Morgan fingerprint density at radius 1 is 0.750 bits per heavy atom. The number of rotatable bonds is 2. The summed E-state index contributed by atoms with van der Waals surface area (Å²) < 4.78 is 14.0. The minimum atomic E-state index is -0.933. The second kappa shape index (κ2) is 13.9. The highest BCUT2D eigenvalue weighted by atomic mass is 16.5. The van der Waals surface area contributed by atoms with Crippen molar-refractivity contribution in [2.24, 2.45) is 0 Å². The van der Waals surface area contributed by atoms with Gasteiger partial charge in [0, 0.05) is 36.9 Å². The van der Waals surface area contributed by atoms with Crippen molar-refractivity contribution in [3.8, 4) is 0 Å². The van der Waals surface area contributed by atoms with Gasteiger partial charge in [-0.2, -0.15) is 0 Å². The molecular weight excluding hydrogens is 420 g/mol. The maximum atomic E-state index is 10.7. The smallest absolute Gasteiger partial charge is 0.336 e. The molecule has 0 amide bonds. The number of benzene rings is 2. The summed E-state index contributed by atoms with van der Waals surface area (Å²) in [6.45, 7) is 0.875. The molecule has 0 atom stereocenters. The van der Waals surface area contributed by atoms with Gasteiger partial charge in [-0.3, -0.25) is 4.79 Å². The lowest BCUT2D eigenvalue weighted by molar-refractivity contribution is -0.141. The first-order valence-electron chi connectivity index (χ1n) is 9.11. The highest BCUT2D eigenvalue weighted by molar-refractivity contribution is 5.76. The summed E-state index contributed by atoms with van der Waals surface area (Å²) >= 11 is 0. The van der Waals surface area contributed by atoms with Crippen molar-refractivity contribution in [1.82, 2.24) is 0 Å². The minimum Gasteiger partial charge on any atom is -0.481 e. The van der Waals surface area contributed by atoms with Gasteiger partial charge in [0.25, 0.3) is 5.97 Å². The third-order valence-corrected chi connectivity index (χ3v) is 3.32. The van der Waals surface area contributed by atoms with Crippen molar-refractivity contribution >= 4 is 33.9 Å². The quantitative estimate of drug-likeness (QED) is 0.446. The topological polar surface area (TPSA) is 144 Å². The zero-order valence-corrected chi connectivity index (χ0v) is 17.4. The van der Waals surface area contributed by atoms with Crippen LogP contribution in [0, 0.1) is 0 Å². The Labute approximate surface area is 182 Å². The summed E-state index contributed by atoms with van der Waals surface area (Å²) in [4.78, 5) is 39.9. The van der Waals surface area contributed by atoms with Gasteiger partial charge in [0.1, 0.15) is 17.8 Å². The zero-order valence-electron chi connectivity index (χ0n) is 17.4. The molecular formula is C23H22O9. The number of carboxylic acid groups (broad SMARTS) is 2. The van der Waals surface area contributed by atoms with Crippen LogP contribution in [0.2, 0.25) is 0 Å². The summed E-state index contributed by atoms with van der Waals surface area (Å²) in [5.74, 6) is -1.77. The van der Waals surface area contributed by atoms with Crippen LogP contribution in [0.3, 0.4) is 0 Å². The molecule has 0 spiro atoms. The van der Waals surface area contributed by atoms with Crippen LogP contribution in [-0.2, 0) is 14.3 Å². The maximum Gasteiger partial charge on any atom is 0.336 e. The predicted molar refractivity (Wildman–Crippen MR) is 118 cm³/mol. The average molecular weight is 442 g/mol. The van der Waals surface area contributed by atoms with E-state index in [0.29, 0.717) is 11.2 Å². The SMILES string of the molecule is CC(=O)O.COCC(=O)O.O=c1ccc2ccccc2o1.O=c1ccc2ccccc2o1. The van der Waals surface area contributed by atoms with Gasteiger partial charge in [0.15, 0.2) is 0 Å². The Hall–Kier alpha value is -4.24. The fourth-order valence-electron chi connectivity index (χ4n) is 2.15. The Kier molecular flexibility index (Phi) is 11.2. The number of para-hydroxylation sites is 2. The van der Waals surface area contributed by atoms with Crippen molar-refractivity contribution < 1.29 is 33.4 Å². The highest BCUT2D eigenvalue weighted by Gasteiger charge is 1.93. The van der Waals surface area contributed by atoms with E-state index in [0.717, 1.165) is 17.7 Å². The number of methoxy groups -OCH3 is 1. The molecule has 4 rings (SSSR count). The number of carboxylic acids is 2. The normalized spacial score (nSPS) is 9.31. The average Bonchev–Trinajstić information content (AvgIpc) is 2.74. The summed E-state index contributed by atoms with van der Waals surface area (Å²) in [5, 5.41) is 17.1. The van der Waals surface area contributed by atoms with E-state index in [1.54, 1.807) is 24.3 Å². The summed E-state index contributed by atoms with van der Waals surface area (Å²) in [7, 11) is 1.34. The third kappa shape index (κ3) is 10.5. The molecule has 9 nitrogen and oxygen atoms in total. The van der Waals surface area contributed by atoms with Crippen LogP contribution in [-0.4, -0.2) is 35.9 Å². The van der Waals surface area contributed by atoms with Gasteiger partial charge in [-0.25, -0.2) is 14.4 Å². The van der Waals surface area contributed by atoms with Gasteiger partial charge in [0.2, 0.25) is 0 Å². The van der Waals surface area contributed by atoms with Gasteiger partial charge in [-0.15, -0.1) is 0 Å².